The van der Waals surface area contributed by atoms with Crippen molar-refractivity contribution in [1.82, 2.24) is 5.06 Å². The number of benzene rings is 1. The highest BCUT2D eigenvalue weighted by molar-refractivity contribution is 6.23. The molecule has 4 heterocycles. The minimum Gasteiger partial charge on any atom is -0.348 e. The Balaban J connectivity index is 1.22. The maximum absolute atomic E-state index is 13.2. The van der Waals surface area contributed by atoms with E-state index in [2.05, 4.69) is 0 Å². The average molecular weight is 398 g/mol. The number of hydrogen-bond donors (Lipinski definition) is 0. The van der Waals surface area contributed by atoms with Crippen molar-refractivity contribution >= 4 is 17.5 Å². The van der Waals surface area contributed by atoms with Crippen molar-refractivity contribution < 1.29 is 23.9 Å². The van der Waals surface area contributed by atoms with Crippen LogP contribution in [0.1, 0.15) is 44.9 Å². The first-order chi connectivity index (χ1) is 14.1. The molecule has 0 bridgehead atoms. The molecule has 0 aromatic heterocycles. The number of carbonyl (C=O) groups is 2. The molecule has 5 aliphatic rings. The summed E-state index contributed by atoms with van der Waals surface area (Å²) in [6.45, 7) is 1.07. The van der Waals surface area contributed by atoms with Crippen molar-refractivity contribution in [3.63, 3.8) is 0 Å². The van der Waals surface area contributed by atoms with Crippen LogP contribution in [0.4, 0.5) is 5.69 Å². The molecule has 1 aliphatic carbocycles. The first-order valence-corrected chi connectivity index (χ1v) is 10.8. The summed E-state index contributed by atoms with van der Waals surface area (Å²) in [5.41, 5.74) is 0.221. The van der Waals surface area contributed by atoms with Gasteiger partial charge in [-0.3, -0.25) is 14.4 Å². The lowest BCUT2D eigenvalue weighted by Gasteiger charge is -2.48. The number of hydrogen-bond acceptors (Lipinski definition) is 6. The van der Waals surface area contributed by atoms with Crippen molar-refractivity contribution in [3.8, 4) is 0 Å². The Kier molecular flexibility index (Phi) is 3.94. The summed E-state index contributed by atoms with van der Waals surface area (Å²) in [5, 5.41) is 1.90. The maximum atomic E-state index is 13.2. The molecule has 0 radical (unpaired) electrons. The van der Waals surface area contributed by atoms with Crippen LogP contribution in [-0.4, -0.2) is 53.6 Å². The van der Waals surface area contributed by atoms with E-state index in [4.69, 9.17) is 14.3 Å². The van der Waals surface area contributed by atoms with Crippen LogP contribution in [0.5, 0.6) is 0 Å². The molecule has 7 nitrogen and oxygen atoms in total. The molecule has 4 saturated heterocycles. The molecular formula is C22H26N2O5. The van der Waals surface area contributed by atoms with E-state index in [-0.39, 0.29) is 17.9 Å². The van der Waals surface area contributed by atoms with Crippen molar-refractivity contribution in [1.29, 1.82) is 0 Å². The van der Waals surface area contributed by atoms with Gasteiger partial charge in [-0.05, 0) is 37.8 Å². The summed E-state index contributed by atoms with van der Waals surface area (Å²) in [7, 11) is 0. The molecule has 6 rings (SSSR count). The third-order valence-corrected chi connectivity index (χ3v) is 7.45. The molecule has 154 valence electrons. The van der Waals surface area contributed by atoms with Gasteiger partial charge in [-0.1, -0.05) is 24.6 Å². The number of para-hydroxylation sites is 1. The molecule has 1 saturated carbocycles. The van der Waals surface area contributed by atoms with Crippen LogP contribution in [-0.2, 0) is 23.9 Å². The summed E-state index contributed by atoms with van der Waals surface area (Å²) in [6.07, 6.45) is 6.32. The molecule has 4 aliphatic heterocycles. The average Bonchev–Trinajstić information content (AvgIpc) is 3.37. The van der Waals surface area contributed by atoms with Gasteiger partial charge in [-0.15, -0.1) is 0 Å². The van der Waals surface area contributed by atoms with E-state index in [0.717, 1.165) is 38.5 Å². The van der Waals surface area contributed by atoms with E-state index in [1.165, 1.54) is 11.3 Å². The molecule has 2 spiro atoms. The van der Waals surface area contributed by atoms with E-state index in [1.807, 2.05) is 23.3 Å². The summed E-state index contributed by atoms with van der Waals surface area (Å²) in [5.74, 6) is -1.31. The Morgan fingerprint density at radius 2 is 1.62 bits per heavy atom. The van der Waals surface area contributed by atoms with Gasteiger partial charge in [0.1, 0.15) is 0 Å². The van der Waals surface area contributed by atoms with E-state index in [9.17, 15) is 9.59 Å². The van der Waals surface area contributed by atoms with Gasteiger partial charge in [0, 0.05) is 12.8 Å². The Bertz CT molecular complexity index is 827. The van der Waals surface area contributed by atoms with Crippen LogP contribution in [0.25, 0.3) is 0 Å². The number of anilines is 1. The number of carbonyl (C=O) groups excluding carboxylic acids is 2. The summed E-state index contributed by atoms with van der Waals surface area (Å²) in [6, 6.07) is 9.02. The van der Waals surface area contributed by atoms with Crippen molar-refractivity contribution in [2.45, 2.75) is 68.4 Å². The van der Waals surface area contributed by atoms with Gasteiger partial charge in [0.25, 0.3) is 5.91 Å². The number of nitrogens with zero attached hydrogens (tertiary/aromatic N) is 2. The molecule has 1 aromatic carbocycles. The summed E-state index contributed by atoms with van der Waals surface area (Å²) in [4.78, 5) is 33.7. The molecule has 7 heteroatoms. The van der Waals surface area contributed by atoms with E-state index >= 15 is 0 Å². The second-order valence-electron chi connectivity index (χ2n) is 9.10. The highest BCUT2D eigenvalue weighted by atomic mass is 16.7. The predicted octanol–water partition coefficient (Wildman–Crippen LogP) is 2.40. The fourth-order valence-corrected chi connectivity index (χ4v) is 5.88. The Morgan fingerprint density at radius 1 is 0.897 bits per heavy atom. The van der Waals surface area contributed by atoms with Gasteiger partial charge < -0.3 is 9.47 Å². The normalized spacial score (nSPS) is 35.4. The van der Waals surface area contributed by atoms with Crippen LogP contribution in [0.2, 0.25) is 0 Å². The van der Waals surface area contributed by atoms with E-state index in [1.54, 1.807) is 12.1 Å². The molecule has 5 fully saturated rings. The molecular weight excluding hydrogens is 372 g/mol. The molecule has 0 N–H and O–H groups in total. The van der Waals surface area contributed by atoms with Crippen LogP contribution in [0.15, 0.2) is 30.3 Å². The minimum atomic E-state index is -0.740. The zero-order valence-corrected chi connectivity index (χ0v) is 16.4. The van der Waals surface area contributed by atoms with E-state index < -0.39 is 23.3 Å². The maximum Gasteiger partial charge on any atom is 0.265 e. The van der Waals surface area contributed by atoms with Gasteiger partial charge in [0.15, 0.2) is 11.9 Å². The van der Waals surface area contributed by atoms with Crippen LogP contribution < -0.4 is 4.90 Å². The van der Waals surface area contributed by atoms with Crippen molar-refractivity contribution in [2.75, 3.05) is 18.1 Å². The fourth-order valence-electron chi connectivity index (χ4n) is 5.88. The number of amides is 2. The lowest BCUT2D eigenvalue weighted by molar-refractivity contribution is -0.342. The predicted molar refractivity (Wildman–Crippen MR) is 103 cm³/mol. The third kappa shape index (κ3) is 2.51. The fraction of sp³-hybridized carbons (Fsp3) is 0.636. The Hall–Kier alpha value is -1.80. The molecule has 1 aromatic rings. The lowest BCUT2D eigenvalue weighted by atomic mass is 9.90. The Labute approximate surface area is 169 Å². The lowest BCUT2D eigenvalue weighted by Crippen LogP contribution is -2.60. The van der Waals surface area contributed by atoms with Crippen LogP contribution in [0.3, 0.4) is 0 Å². The first-order valence-electron chi connectivity index (χ1n) is 10.8. The zero-order valence-electron chi connectivity index (χ0n) is 16.4. The van der Waals surface area contributed by atoms with Gasteiger partial charge in [0.2, 0.25) is 5.91 Å². The minimum absolute atomic E-state index is 0.0993. The number of hydroxylamine groups is 2. The van der Waals surface area contributed by atoms with Gasteiger partial charge in [-0.2, -0.15) is 5.06 Å². The van der Waals surface area contributed by atoms with Crippen molar-refractivity contribution in [2.24, 2.45) is 5.92 Å². The quantitative estimate of drug-likeness (QED) is 0.677. The monoisotopic (exact) mass is 398 g/mol. The molecule has 3 atom stereocenters. The van der Waals surface area contributed by atoms with Crippen LogP contribution in [0, 0.1) is 5.92 Å². The van der Waals surface area contributed by atoms with Crippen LogP contribution >= 0.6 is 0 Å². The number of ether oxygens (including phenoxy) is 2. The topological polar surface area (TPSA) is 68.3 Å². The number of rotatable bonds is 1. The van der Waals surface area contributed by atoms with E-state index in [0.29, 0.717) is 18.9 Å². The number of fused-ring (bicyclic) bond motifs is 4. The summed E-state index contributed by atoms with van der Waals surface area (Å²) >= 11 is 0. The molecule has 2 amide bonds. The largest absolute Gasteiger partial charge is 0.348 e. The highest BCUT2D eigenvalue weighted by Crippen LogP contribution is 2.51. The van der Waals surface area contributed by atoms with Gasteiger partial charge in [0.05, 0.1) is 36.4 Å². The second-order valence-corrected chi connectivity index (χ2v) is 9.10. The highest BCUT2D eigenvalue weighted by Gasteiger charge is 2.66. The van der Waals surface area contributed by atoms with Gasteiger partial charge in [-0.25, -0.2) is 4.90 Å². The molecule has 0 unspecified atom stereocenters. The smallest absolute Gasteiger partial charge is 0.265 e. The SMILES string of the molecule is O=C1[C@H]2[C@H](ON3[C@H]2CCC32COC3(CCCCC3)OC2)C(=O)N1c1ccccc1. The molecule has 29 heavy (non-hydrogen) atoms. The number of imide groups is 1. The second kappa shape index (κ2) is 6.35. The van der Waals surface area contributed by atoms with Crippen molar-refractivity contribution in [3.05, 3.63) is 30.3 Å². The Morgan fingerprint density at radius 3 is 2.34 bits per heavy atom. The standard InChI is InChI=1S/C22H26N2O5/c25-19-17-16-9-12-21(13-27-22(28-14-21)10-5-2-6-11-22)24(16)29-18(17)20(26)23(19)15-7-3-1-4-8-15/h1,3-4,7-8,16-18H,2,5-6,9-14H2/t16-,17+,18-/m0/s1. The summed E-state index contributed by atoms with van der Waals surface area (Å²) < 4.78 is 12.6. The zero-order chi connectivity index (χ0) is 19.6. The first kappa shape index (κ1) is 18.0. The van der Waals surface area contributed by atoms with Gasteiger partial charge >= 0.3 is 0 Å². The third-order valence-electron chi connectivity index (χ3n) is 7.45.